The third-order valence-electron chi connectivity index (χ3n) is 3.56. The van der Waals surface area contributed by atoms with Crippen LogP contribution in [0.1, 0.15) is 45.4 Å². The van der Waals surface area contributed by atoms with E-state index in [4.69, 9.17) is 0 Å². The molecule has 1 aliphatic rings. The first-order valence-corrected chi connectivity index (χ1v) is 11.5. The van der Waals surface area contributed by atoms with Gasteiger partial charge in [-0.25, -0.2) is 16.8 Å². The maximum Gasteiger partial charge on any atom is 0.512 e. The van der Waals surface area contributed by atoms with Crippen LogP contribution in [0, 0.1) is 0 Å². The average molecular weight is 477 g/mol. The summed E-state index contributed by atoms with van der Waals surface area (Å²) in [5.41, 5.74) is -12.3. The highest BCUT2D eigenvalue weighted by molar-refractivity contribution is 8.05. The van der Waals surface area contributed by atoms with Crippen molar-refractivity contribution < 1.29 is 43.2 Å². The number of halogens is 6. The maximum absolute atomic E-state index is 11.5. The molecule has 0 saturated carbocycles. The molecule has 0 fully saturated rings. The van der Waals surface area contributed by atoms with Crippen LogP contribution in [0.15, 0.2) is 12.4 Å². The molecule has 0 aromatic carbocycles. The van der Waals surface area contributed by atoms with Gasteiger partial charge >= 0.3 is 31.1 Å². The highest BCUT2D eigenvalue weighted by Gasteiger charge is 2.55. The molecule has 0 amide bonds. The van der Waals surface area contributed by atoms with Gasteiger partial charge in [-0.1, -0.05) is 43.2 Å². The molecule has 0 aromatic rings. The Morgan fingerprint density at radius 2 is 1.28 bits per heavy atom. The topological polar surface area (TPSA) is 86.8 Å². The van der Waals surface area contributed by atoms with Gasteiger partial charge in [0.2, 0.25) is 0 Å². The normalized spacial score (nSPS) is 15.4. The molecule has 1 rings (SSSR count). The number of nitrogens with zero attached hydrogens (tertiary/aromatic N) is 2. The van der Waals surface area contributed by atoms with Crippen molar-refractivity contribution in [2.75, 3.05) is 20.3 Å². The second-order valence-electron chi connectivity index (χ2n) is 6.26. The minimum absolute atomic E-state index is 0.493. The quantitative estimate of drug-likeness (QED) is 0.405. The van der Waals surface area contributed by atoms with Gasteiger partial charge in [0.25, 0.3) is 0 Å². The summed E-state index contributed by atoms with van der Waals surface area (Å²) in [5.74, 6) is 0. The number of nitrogens with one attached hydrogen (secondary N) is 1. The Balaban J connectivity index is 0.000000541. The van der Waals surface area contributed by atoms with Crippen molar-refractivity contribution in [3.05, 3.63) is 12.4 Å². The molecule has 0 bridgehead atoms. The second kappa shape index (κ2) is 11.2. The highest BCUT2D eigenvalue weighted by atomic mass is 32.3. The lowest BCUT2D eigenvalue weighted by molar-refractivity contribution is -0.0476. The second-order valence-corrected chi connectivity index (χ2v) is 9.86. The van der Waals surface area contributed by atoms with Crippen molar-refractivity contribution in [3.8, 4) is 0 Å². The summed E-state index contributed by atoms with van der Waals surface area (Å²) < 4.78 is 108. The molecule has 1 heterocycles. The first-order chi connectivity index (χ1) is 13.0. The zero-order valence-electron chi connectivity index (χ0n) is 15.9. The van der Waals surface area contributed by atoms with Crippen molar-refractivity contribution in [2.24, 2.45) is 0 Å². The summed E-state index contributed by atoms with van der Waals surface area (Å²) in [6.45, 7) is 4.58. The van der Waals surface area contributed by atoms with E-state index in [1.165, 1.54) is 45.1 Å². The number of hydrogen-bond acceptors (Lipinski definition) is 6. The lowest BCUT2D eigenvalue weighted by Gasteiger charge is -2.17. The molecule has 15 heteroatoms. The van der Waals surface area contributed by atoms with E-state index in [2.05, 4.69) is 36.2 Å². The van der Waals surface area contributed by atoms with E-state index in [9.17, 15) is 43.2 Å². The molecular weight excluding hydrogens is 452 g/mol. The number of hydrogen-bond donors (Lipinski definition) is 1. The summed E-state index contributed by atoms with van der Waals surface area (Å²) >= 11 is 0. The van der Waals surface area contributed by atoms with Crippen LogP contribution in [0.5, 0.6) is 0 Å². The van der Waals surface area contributed by atoms with Gasteiger partial charge in [0.1, 0.15) is 0 Å². The van der Waals surface area contributed by atoms with Gasteiger partial charge in [0, 0.05) is 26.0 Å². The summed E-state index contributed by atoms with van der Waals surface area (Å²) in [4.78, 5) is 4.61. The summed E-state index contributed by atoms with van der Waals surface area (Å²) in [5, 5.41) is 0. The molecule has 0 aliphatic carbocycles. The molecule has 0 radical (unpaired) electrons. The van der Waals surface area contributed by atoms with Gasteiger partial charge in [0.15, 0.2) is 0 Å². The zero-order chi connectivity index (χ0) is 22.9. The predicted molar refractivity (Wildman–Crippen MR) is 94.9 cm³/mol. The van der Waals surface area contributed by atoms with E-state index in [1.807, 2.05) is 0 Å². The first kappa shape index (κ1) is 27.8. The number of sulfonamides is 2. The molecular formula is C14H25F6N3O4S2. The Morgan fingerprint density at radius 1 is 0.828 bits per heavy atom. The standard InChI is InChI=1S/C12H24N2.C2HF6NO4S2/c1-3-4-5-6-7-8-9-14-11-10-13(2)12-14;3-1(4,5)14(10,11)9-15(12,13)2(6,7)8/h10-11H,3-9,12H2,1-2H3;9H. The van der Waals surface area contributed by atoms with Gasteiger partial charge in [-0.2, -0.15) is 26.3 Å². The highest BCUT2D eigenvalue weighted by Crippen LogP contribution is 2.27. The monoisotopic (exact) mass is 477 g/mol. The van der Waals surface area contributed by atoms with Crippen LogP contribution in [0.2, 0.25) is 0 Å². The summed E-state index contributed by atoms with van der Waals surface area (Å²) in [6, 6.07) is 0. The van der Waals surface area contributed by atoms with Crippen LogP contribution in [0.3, 0.4) is 0 Å². The molecule has 0 aromatic heterocycles. The SMILES string of the molecule is CCCCCCCCN1C=CN(C)C1.O=S(=O)(NS(=O)(=O)C(F)(F)F)C(F)(F)F. The average Bonchev–Trinajstić information content (AvgIpc) is 2.93. The Hall–Kier alpha value is -1.22. The summed E-state index contributed by atoms with van der Waals surface area (Å²) in [7, 11) is -11.1. The van der Waals surface area contributed by atoms with Crippen molar-refractivity contribution >= 4 is 20.0 Å². The van der Waals surface area contributed by atoms with Crippen molar-refractivity contribution in [3.63, 3.8) is 0 Å². The third kappa shape index (κ3) is 10.4. The largest absolute Gasteiger partial charge is 0.512 e. The molecule has 7 nitrogen and oxygen atoms in total. The minimum Gasteiger partial charge on any atom is -0.362 e. The van der Waals surface area contributed by atoms with Crippen molar-refractivity contribution in [1.82, 2.24) is 13.9 Å². The molecule has 1 N–H and O–H groups in total. The third-order valence-corrected chi connectivity index (χ3v) is 6.54. The molecule has 174 valence electrons. The van der Waals surface area contributed by atoms with Crippen LogP contribution in [-0.2, 0) is 20.0 Å². The fourth-order valence-electron chi connectivity index (χ4n) is 2.07. The van der Waals surface area contributed by atoms with E-state index in [0.717, 1.165) is 6.67 Å². The Bertz CT molecular complexity index is 679. The molecule has 0 atom stereocenters. The van der Waals surface area contributed by atoms with E-state index >= 15 is 0 Å². The number of alkyl halides is 6. The van der Waals surface area contributed by atoms with Gasteiger partial charge in [-0.15, -0.1) is 0 Å². The van der Waals surface area contributed by atoms with Gasteiger partial charge in [-0.05, 0) is 6.42 Å². The maximum atomic E-state index is 11.5. The molecule has 29 heavy (non-hydrogen) atoms. The van der Waals surface area contributed by atoms with E-state index < -0.39 is 35.2 Å². The number of unbranched alkanes of at least 4 members (excludes halogenated alkanes) is 5. The lowest BCUT2D eigenvalue weighted by Crippen LogP contribution is -2.45. The Labute approximate surface area is 166 Å². The fraction of sp³-hybridized carbons (Fsp3) is 0.857. The van der Waals surface area contributed by atoms with Crippen LogP contribution in [0.4, 0.5) is 26.3 Å². The molecule has 1 aliphatic heterocycles. The van der Waals surface area contributed by atoms with Crippen LogP contribution in [0.25, 0.3) is 0 Å². The van der Waals surface area contributed by atoms with Crippen LogP contribution in [-0.4, -0.2) is 57.9 Å². The van der Waals surface area contributed by atoms with E-state index in [-0.39, 0.29) is 0 Å². The Kier molecular flexibility index (Phi) is 10.8. The van der Waals surface area contributed by atoms with Crippen LogP contribution < -0.4 is 4.13 Å². The Morgan fingerprint density at radius 3 is 1.66 bits per heavy atom. The minimum atomic E-state index is -6.60. The first-order valence-electron chi connectivity index (χ1n) is 8.57. The molecule has 0 spiro atoms. The van der Waals surface area contributed by atoms with Gasteiger partial charge in [-0.3, -0.25) is 0 Å². The van der Waals surface area contributed by atoms with Crippen LogP contribution >= 0.6 is 0 Å². The molecule has 0 unspecified atom stereocenters. The van der Waals surface area contributed by atoms with Gasteiger partial charge < -0.3 is 9.80 Å². The van der Waals surface area contributed by atoms with E-state index in [0.29, 0.717) is 0 Å². The van der Waals surface area contributed by atoms with Gasteiger partial charge in [0.05, 0.1) is 6.67 Å². The zero-order valence-corrected chi connectivity index (χ0v) is 17.6. The lowest BCUT2D eigenvalue weighted by atomic mass is 10.1. The number of rotatable bonds is 9. The smallest absolute Gasteiger partial charge is 0.362 e. The van der Waals surface area contributed by atoms with Crippen molar-refractivity contribution in [2.45, 2.75) is 56.5 Å². The van der Waals surface area contributed by atoms with E-state index in [1.54, 1.807) is 0 Å². The molecule has 0 saturated heterocycles. The predicted octanol–water partition coefficient (Wildman–Crippen LogP) is 3.30. The van der Waals surface area contributed by atoms with Crippen molar-refractivity contribution in [1.29, 1.82) is 0 Å². The summed E-state index contributed by atoms with van der Waals surface area (Å²) in [6.07, 6.45) is 12.7. The fourth-order valence-corrected chi connectivity index (χ4v) is 3.98.